The van der Waals surface area contributed by atoms with Crippen LogP contribution in [0.2, 0.25) is 0 Å². The lowest BCUT2D eigenvalue weighted by atomic mass is 10.1. The molecule has 2 fully saturated rings. The number of imidazole rings is 1. The van der Waals surface area contributed by atoms with Crippen LogP contribution in [0.5, 0.6) is 0 Å². The number of carbonyl (C=O) groups excluding carboxylic acids is 1. The Balaban J connectivity index is 1.55. The van der Waals surface area contributed by atoms with E-state index in [2.05, 4.69) is 15.3 Å². The van der Waals surface area contributed by atoms with Gasteiger partial charge in [0.1, 0.15) is 0 Å². The molecule has 1 amide bonds. The van der Waals surface area contributed by atoms with Crippen LogP contribution in [0.25, 0.3) is 11.0 Å². The molecule has 2 N–H and O–H groups in total. The Kier molecular flexibility index (Phi) is 2.37. The minimum atomic E-state index is 0.0558. The molecular weight excluding hydrogens is 238 g/mol. The predicted molar refractivity (Wildman–Crippen MR) is 72.8 cm³/mol. The van der Waals surface area contributed by atoms with Gasteiger partial charge in [0, 0.05) is 11.6 Å². The Morgan fingerprint density at radius 3 is 2.68 bits per heavy atom. The summed E-state index contributed by atoms with van der Waals surface area (Å²) in [5, 5.41) is 3.24. The van der Waals surface area contributed by atoms with Crippen LogP contribution in [0.1, 0.15) is 36.0 Å². The second-order valence-electron chi connectivity index (χ2n) is 5.81. The number of hydrogen-bond donors (Lipinski definition) is 2. The van der Waals surface area contributed by atoms with Gasteiger partial charge in [-0.1, -0.05) is 0 Å². The molecule has 4 rings (SSSR count). The molecule has 1 heterocycles. The number of aromatic nitrogens is 2. The van der Waals surface area contributed by atoms with Gasteiger partial charge < -0.3 is 10.3 Å². The summed E-state index contributed by atoms with van der Waals surface area (Å²) < 4.78 is 0. The number of amides is 1. The fourth-order valence-corrected chi connectivity index (χ4v) is 2.84. The number of benzene rings is 1. The lowest BCUT2D eigenvalue weighted by molar-refractivity contribution is 0.0926. The van der Waals surface area contributed by atoms with Crippen molar-refractivity contribution in [3.63, 3.8) is 0 Å². The second kappa shape index (κ2) is 4.08. The normalized spacial score (nSPS) is 19.0. The van der Waals surface area contributed by atoms with E-state index in [1.807, 2.05) is 18.2 Å². The predicted octanol–water partition coefficient (Wildman–Crippen LogP) is 2.48. The van der Waals surface area contributed by atoms with Gasteiger partial charge in [0.05, 0.1) is 17.4 Å². The number of rotatable bonds is 4. The van der Waals surface area contributed by atoms with Gasteiger partial charge in [0.15, 0.2) is 0 Å². The number of H-pyrrole nitrogens is 1. The number of fused-ring (bicyclic) bond motifs is 1. The standard InChI is InChI=1S/C15H17N3O/c19-15(18-14(9-1-2-9)10-3-4-10)11-5-6-12-13(7-11)17-8-16-12/h5-10,14H,1-4H2,(H,16,17)(H,18,19). The third-order valence-electron chi connectivity index (χ3n) is 4.24. The van der Waals surface area contributed by atoms with Crippen LogP contribution in [0.15, 0.2) is 24.5 Å². The highest BCUT2D eigenvalue weighted by Gasteiger charge is 2.42. The summed E-state index contributed by atoms with van der Waals surface area (Å²) in [6.45, 7) is 0. The molecule has 1 aromatic carbocycles. The van der Waals surface area contributed by atoms with E-state index < -0.39 is 0 Å². The van der Waals surface area contributed by atoms with Crippen LogP contribution in [-0.4, -0.2) is 21.9 Å². The Morgan fingerprint density at radius 1 is 1.26 bits per heavy atom. The summed E-state index contributed by atoms with van der Waals surface area (Å²) in [4.78, 5) is 19.6. The van der Waals surface area contributed by atoms with Crippen molar-refractivity contribution in [2.45, 2.75) is 31.7 Å². The maximum absolute atomic E-state index is 12.3. The first kappa shape index (κ1) is 11.0. The average molecular weight is 255 g/mol. The smallest absolute Gasteiger partial charge is 0.251 e. The summed E-state index contributed by atoms with van der Waals surface area (Å²) in [7, 11) is 0. The molecule has 0 spiro atoms. The molecule has 4 heteroatoms. The molecule has 0 atom stereocenters. The lowest BCUT2D eigenvalue weighted by Crippen LogP contribution is -2.38. The van der Waals surface area contributed by atoms with Crippen LogP contribution in [0.3, 0.4) is 0 Å². The third-order valence-corrected chi connectivity index (χ3v) is 4.24. The summed E-state index contributed by atoms with van der Waals surface area (Å²) in [5.41, 5.74) is 2.54. The van der Waals surface area contributed by atoms with Gasteiger partial charge in [0.25, 0.3) is 5.91 Å². The number of nitrogens with one attached hydrogen (secondary N) is 2. The van der Waals surface area contributed by atoms with Gasteiger partial charge in [-0.2, -0.15) is 0 Å². The fourth-order valence-electron chi connectivity index (χ4n) is 2.84. The summed E-state index contributed by atoms with van der Waals surface area (Å²) in [6, 6.07) is 6.04. The number of hydrogen-bond acceptors (Lipinski definition) is 2. The van der Waals surface area contributed by atoms with Crippen molar-refractivity contribution < 1.29 is 4.79 Å². The molecule has 2 aliphatic carbocycles. The first-order valence-electron chi connectivity index (χ1n) is 7.05. The van der Waals surface area contributed by atoms with Gasteiger partial charge in [-0.25, -0.2) is 4.98 Å². The Labute approximate surface area is 111 Å². The van der Waals surface area contributed by atoms with Crippen LogP contribution in [0, 0.1) is 11.8 Å². The highest BCUT2D eigenvalue weighted by atomic mass is 16.1. The maximum atomic E-state index is 12.3. The molecule has 1 aromatic heterocycles. The van der Waals surface area contributed by atoms with E-state index in [9.17, 15) is 4.79 Å². The first-order chi connectivity index (χ1) is 9.31. The molecule has 2 saturated carbocycles. The molecule has 98 valence electrons. The fraction of sp³-hybridized carbons (Fsp3) is 0.467. The van der Waals surface area contributed by atoms with Crippen LogP contribution in [-0.2, 0) is 0 Å². The zero-order chi connectivity index (χ0) is 12.8. The highest BCUT2D eigenvalue weighted by Crippen LogP contribution is 2.44. The van der Waals surface area contributed by atoms with Crippen molar-refractivity contribution in [2.75, 3.05) is 0 Å². The van der Waals surface area contributed by atoms with E-state index in [0.29, 0.717) is 6.04 Å². The highest BCUT2D eigenvalue weighted by molar-refractivity contribution is 5.97. The average Bonchev–Trinajstić information content (AvgIpc) is 3.33. The van der Waals surface area contributed by atoms with Crippen LogP contribution < -0.4 is 5.32 Å². The van der Waals surface area contributed by atoms with Gasteiger partial charge >= 0.3 is 0 Å². The largest absolute Gasteiger partial charge is 0.349 e. The topological polar surface area (TPSA) is 57.8 Å². The van der Waals surface area contributed by atoms with Crippen molar-refractivity contribution in [2.24, 2.45) is 11.8 Å². The molecule has 0 bridgehead atoms. The van der Waals surface area contributed by atoms with Gasteiger partial charge in [-0.05, 0) is 55.7 Å². The van der Waals surface area contributed by atoms with E-state index in [-0.39, 0.29) is 5.91 Å². The molecule has 2 aliphatic rings. The van der Waals surface area contributed by atoms with Gasteiger partial charge in [-0.3, -0.25) is 4.79 Å². The second-order valence-corrected chi connectivity index (χ2v) is 5.81. The Morgan fingerprint density at radius 2 is 2.00 bits per heavy atom. The van der Waals surface area contributed by atoms with Gasteiger partial charge in [-0.15, -0.1) is 0 Å². The molecule has 0 saturated heterocycles. The zero-order valence-electron chi connectivity index (χ0n) is 10.7. The van der Waals surface area contributed by atoms with E-state index in [1.165, 1.54) is 25.7 Å². The molecule has 0 radical (unpaired) electrons. The summed E-state index contributed by atoms with van der Waals surface area (Å²) in [6.07, 6.45) is 6.77. The molecule has 0 unspecified atom stereocenters. The molecule has 2 aromatic rings. The molecular formula is C15H17N3O. The van der Waals surface area contributed by atoms with Crippen molar-refractivity contribution in [1.82, 2.24) is 15.3 Å². The number of aromatic amines is 1. The maximum Gasteiger partial charge on any atom is 0.251 e. The minimum Gasteiger partial charge on any atom is -0.349 e. The minimum absolute atomic E-state index is 0.0558. The van der Waals surface area contributed by atoms with Crippen molar-refractivity contribution in [3.8, 4) is 0 Å². The van der Waals surface area contributed by atoms with E-state index in [1.54, 1.807) is 6.33 Å². The lowest BCUT2D eigenvalue weighted by Gasteiger charge is -2.17. The Bertz CT molecular complexity index is 613. The van der Waals surface area contributed by atoms with Crippen molar-refractivity contribution >= 4 is 16.9 Å². The van der Waals surface area contributed by atoms with E-state index in [0.717, 1.165) is 28.4 Å². The van der Waals surface area contributed by atoms with Crippen molar-refractivity contribution in [1.29, 1.82) is 0 Å². The van der Waals surface area contributed by atoms with Crippen molar-refractivity contribution in [3.05, 3.63) is 30.1 Å². The van der Waals surface area contributed by atoms with E-state index in [4.69, 9.17) is 0 Å². The van der Waals surface area contributed by atoms with Crippen LogP contribution in [0.4, 0.5) is 0 Å². The third kappa shape index (κ3) is 2.11. The van der Waals surface area contributed by atoms with E-state index >= 15 is 0 Å². The number of carbonyl (C=O) groups is 1. The Hall–Kier alpha value is -1.84. The SMILES string of the molecule is O=C(NC(C1CC1)C1CC1)c1ccc2nc[nH]c2c1. The summed E-state index contributed by atoms with van der Waals surface area (Å²) in [5.74, 6) is 1.51. The number of nitrogens with zero attached hydrogens (tertiary/aromatic N) is 1. The zero-order valence-corrected chi connectivity index (χ0v) is 10.7. The first-order valence-corrected chi connectivity index (χ1v) is 7.05. The summed E-state index contributed by atoms with van der Waals surface area (Å²) >= 11 is 0. The molecule has 19 heavy (non-hydrogen) atoms. The van der Waals surface area contributed by atoms with Crippen LogP contribution >= 0.6 is 0 Å². The van der Waals surface area contributed by atoms with Gasteiger partial charge in [0.2, 0.25) is 0 Å². The monoisotopic (exact) mass is 255 g/mol. The quantitative estimate of drug-likeness (QED) is 0.881. The molecule has 4 nitrogen and oxygen atoms in total. The molecule has 0 aliphatic heterocycles.